The summed E-state index contributed by atoms with van der Waals surface area (Å²) in [5.74, 6) is 0. The number of piperidine rings is 1. The minimum Gasteiger partial charge on any atom is -0.383 e. The van der Waals surface area contributed by atoms with Gasteiger partial charge in [-0.25, -0.2) is 0 Å². The predicted molar refractivity (Wildman–Crippen MR) is 86.8 cm³/mol. The summed E-state index contributed by atoms with van der Waals surface area (Å²) in [5, 5.41) is 7.21. The molecule has 1 aromatic carbocycles. The van der Waals surface area contributed by atoms with Crippen LogP contribution in [-0.2, 0) is 0 Å². The average Bonchev–Trinajstić information content (AvgIpc) is 3.01. The van der Waals surface area contributed by atoms with Crippen molar-refractivity contribution < 1.29 is 0 Å². The lowest BCUT2D eigenvalue weighted by molar-refractivity contribution is 0.414. The Balaban J connectivity index is 1.58. The Bertz CT molecular complexity index is 432. The molecule has 2 N–H and O–H groups in total. The molecule has 0 aliphatic carbocycles. The molecular formula is C17H27N3. The van der Waals surface area contributed by atoms with Crippen molar-refractivity contribution >= 4 is 11.4 Å². The molecule has 2 fully saturated rings. The summed E-state index contributed by atoms with van der Waals surface area (Å²) in [6.45, 7) is 6.88. The molecule has 3 rings (SSSR count). The van der Waals surface area contributed by atoms with Gasteiger partial charge in [0.15, 0.2) is 0 Å². The van der Waals surface area contributed by atoms with Crippen molar-refractivity contribution in [1.29, 1.82) is 0 Å². The molecule has 110 valence electrons. The van der Waals surface area contributed by atoms with E-state index in [-0.39, 0.29) is 0 Å². The Morgan fingerprint density at radius 3 is 2.75 bits per heavy atom. The molecule has 1 aromatic rings. The van der Waals surface area contributed by atoms with Crippen LogP contribution >= 0.6 is 0 Å². The second kappa shape index (κ2) is 6.49. The fraction of sp³-hybridized carbons (Fsp3) is 0.647. The lowest BCUT2D eigenvalue weighted by Gasteiger charge is -2.25. The molecule has 0 saturated carbocycles. The number of anilines is 2. The third kappa shape index (κ3) is 3.26. The average molecular weight is 273 g/mol. The van der Waals surface area contributed by atoms with Crippen LogP contribution in [0.25, 0.3) is 0 Å². The maximum absolute atomic E-state index is 3.62. The van der Waals surface area contributed by atoms with Gasteiger partial charge in [0.2, 0.25) is 0 Å². The molecule has 2 aliphatic heterocycles. The summed E-state index contributed by atoms with van der Waals surface area (Å²) in [6.07, 6.45) is 6.68. The summed E-state index contributed by atoms with van der Waals surface area (Å²) in [4.78, 5) is 2.50. The highest BCUT2D eigenvalue weighted by Crippen LogP contribution is 2.25. The summed E-state index contributed by atoms with van der Waals surface area (Å²) >= 11 is 0. The van der Waals surface area contributed by atoms with Crippen LogP contribution in [0.5, 0.6) is 0 Å². The zero-order valence-electron chi connectivity index (χ0n) is 12.6. The van der Waals surface area contributed by atoms with Gasteiger partial charge >= 0.3 is 0 Å². The Hall–Kier alpha value is -1.22. The maximum Gasteiger partial charge on any atom is 0.0371 e. The zero-order chi connectivity index (χ0) is 13.8. The van der Waals surface area contributed by atoms with Crippen LogP contribution in [0.3, 0.4) is 0 Å². The number of benzene rings is 1. The lowest BCUT2D eigenvalue weighted by atomic mass is 10.0. The smallest absolute Gasteiger partial charge is 0.0371 e. The van der Waals surface area contributed by atoms with Crippen molar-refractivity contribution in [2.45, 2.75) is 45.1 Å². The lowest BCUT2D eigenvalue weighted by Crippen LogP contribution is -2.39. The highest BCUT2D eigenvalue weighted by Gasteiger charge is 2.14. The maximum atomic E-state index is 3.62. The summed E-state index contributed by atoms with van der Waals surface area (Å²) in [6, 6.07) is 7.50. The molecule has 1 unspecified atom stereocenters. The normalized spacial score (nSPS) is 23.1. The molecule has 2 saturated heterocycles. The zero-order valence-corrected chi connectivity index (χ0v) is 12.6. The van der Waals surface area contributed by atoms with Crippen LogP contribution in [-0.4, -0.2) is 32.2 Å². The van der Waals surface area contributed by atoms with E-state index in [4.69, 9.17) is 0 Å². The van der Waals surface area contributed by atoms with Gasteiger partial charge in [-0.2, -0.15) is 0 Å². The largest absolute Gasteiger partial charge is 0.383 e. The Morgan fingerprint density at radius 2 is 2.05 bits per heavy atom. The SMILES string of the molecule is Cc1cc(N2CCCC2)ccc1NCC1CCCCN1. The van der Waals surface area contributed by atoms with Gasteiger partial charge in [-0.3, -0.25) is 0 Å². The summed E-state index contributed by atoms with van der Waals surface area (Å²) in [5.41, 5.74) is 4.05. The first-order chi connectivity index (χ1) is 9.83. The minimum absolute atomic E-state index is 0.640. The van der Waals surface area contributed by atoms with Gasteiger partial charge in [0.1, 0.15) is 0 Å². The second-order valence-corrected chi connectivity index (χ2v) is 6.22. The monoisotopic (exact) mass is 273 g/mol. The van der Waals surface area contributed by atoms with E-state index >= 15 is 0 Å². The fourth-order valence-corrected chi connectivity index (χ4v) is 3.35. The summed E-state index contributed by atoms with van der Waals surface area (Å²) in [7, 11) is 0. The molecule has 0 radical (unpaired) electrons. The van der Waals surface area contributed by atoms with Crippen LogP contribution in [0.4, 0.5) is 11.4 Å². The van der Waals surface area contributed by atoms with Crippen molar-refractivity contribution in [3.8, 4) is 0 Å². The van der Waals surface area contributed by atoms with Crippen LogP contribution in [0.1, 0.15) is 37.7 Å². The minimum atomic E-state index is 0.640. The van der Waals surface area contributed by atoms with E-state index in [0.29, 0.717) is 6.04 Å². The van der Waals surface area contributed by atoms with Crippen molar-refractivity contribution in [2.75, 3.05) is 36.4 Å². The first-order valence-electron chi connectivity index (χ1n) is 8.16. The van der Waals surface area contributed by atoms with Gasteiger partial charge in [-0.05, 0) is 62.9 Å². The van der Waals surface area contributed by atoms with Gasteiger partial charge < -0.3 is 15.5 Å². The van der Waals surface area contributed by atoms with Gasteiger partial charge in [-0.15, -0.1) is 0 Å². The van der Waals surface area contributed by atoms with E-state index in [1.807, 2.05) is 0 Å². The second-order valence-electron chi connectivity index (χ2n) is 6.22. The number of hydrogen-bond acceptors (Lipinski definition) is 3. The van der Waals surface area contributed by atoms with Gasteiger partial charge in [0.05, 0.1) is 0 Å². The molecule has 0 bridgehead atoms. The van der Waals surface area contributed by atoms with Crippen LogP contribution in [0.2, 0.25) is 0 Å². The van der Waals surface area contributed by atoms with Crippen molar-refractivity contribution in [2.24, 2.45) is 0 Å². The summed E-state index contributed by atoms with van der Waals surface area (Å²) < 4.78 is 0. The Labute approximate surface area is 122 Å². The van der Waals surface area contributed by atoms with Crippen LogP contribution in [0, 0.1) is 6.92 Å². The molecule has 1 atom stereocenters. The topological polar surface area (TPSA) is 27.3 Å². The number of rotatable bonds is 4. The third-order valence-electron chi connectivity index (χ3n) is 4.63. The van der Waals surface area contributed by atoms with Gasteiger partial charge in [0, 0.05) is 37.1 Å². The molecule has 0 aromatic heterocycles. The third-order valence-corrected chi connectivity index (χ3v) is 4.63. The molecule has 2 aliphatic rings. The number of hydrogen-bond donors (Lipinski definition) is 2. The highest BCUT2D eigenvalue weighted by molar-refractivity contribution is 5.60. The Kier molecular flexibility index (Phi) is 4.46. The standard InChI is InChI=1S/C17H27N3/c1-14-12-16(20-10-4-5-11-20)7-8-17(14)19-13-15-6-2-3-9-18-15/h7-8,12,15,18-19H,2-6,9-11,13H2,1H3. The quantitative estimate of drug-likeness (QED) is 0.882. The van der Waals surface area contributed by atoms with E-state index in [0.717, 1.165) is 6.54 Å². The first-order valence-corrected chi connectivity index (χ1v) is 8.16. The molecule has 3 heteroatoms. The van der Waals surface area contributed by atoms with Gasteiger partial charge in [0.25, 0.3) is 0 Å². The van der Waals surface area contributed by atoms with Gasteiger partial charge in [-0.1, -0.05) is 6.42 Å². The predicted octanol–water partition coefficient (Wildman–Crippen LogP) is 3.15. The first kappa shape index (κ1) is 13.7. The van der Waals surface area contributed by atoms with Crippen molar-refractivity contribution in [3.63, 3.8) is 0 Å². The van der Waals surface area contributed by atoms with E-state index in [1.54, 1.807) is 0 Å². The highest BCUT2D eigenvalue weighted by atomic mass is 15.1. The molecule has 2 heterocycles. The molecule has 3 nitrogen and oxygen atoms in total. The van der Waals surface area contributed by atoms with E-state index in [1.165, 1.54) is 68.7 Å². The van der Waals surface area contributed by atoms with E-state index in [2.05, 4.69) is 40.7 Å². The van der Waals surface area contributed by atoms with E-state index in [9.17, 15) is 0 Å². The van der Waals surface area contributed by atoms with E-state index < -0.39 is 0 Å². The van der Waals surface area contributed by atoms with Crippen LogP contribution < -0.4 is 15.5 Å². The Morgan fingerprint density at radius 1 is 1.20 bits per heavy atom. The number of nitrogens with one attached hydrogen (secondary N) is 2. The molecule has 0 spiro atoms. The number of nitrogens with zero attached hydrogens (tertiary/aromatic N) is 1. The van der Waals surface area contributed by atoms with Crippen molar-refractivity contribution in [1.82, 2.24) is 5.32 Å². The molecule has 0 amide bonds. The molecular weight excluding hydrogens is 246 g/mol. The molecule has 20 heavy (non-hydrogen) atoms. The number of aryl methyl sites for hydroxylation is 1. The van der Waals surface area contributed by atoms with Crippen LogP contribution in [0.15, 0.2) is 18.2 Å². The fourth-order valence-electron chi connectivity index (χ4n) is 3.35. The van der Waals surface area contributed by atoms with Crippen molar-refractivity contribution in [3.05, 3.63) is 23.8 Å².